The summed E-state index contributed by atoms with van der Waals surface area (Å²) >= 11 is 0. The number of carbonyl (C=O) groups excluding carboxylic acids is 3. The number of hydrogen-bond acceptors (Lipinski definition) is 10. The van der Waals surface area contributed by atoms with Crippen molar-refractivity contribution in [2.24, 2.45) is 11.3 Å². The zero-order valence-electron chi connectivity index (χ0n) is 27.1. The third kappa shape index (κ3) is 4.68. The Morgan fingerprint density at radius 3 is 2.66 bits per heavy atom. The van der Waals surface area contributed by atoms with Gasteiger partial charge in [-0.25, -0.2) is 14.8 Å². The van der Waals surface area contributed by atoms with E-state index in [4.69, 9.17) is 23.3 Å². The van der Waals surface area contributed by atoms with Gasteiger partial charge in [0.1, 0.15) is 29.5 Å². The van der Waals surface area contributed by atoms with Crippen molar-refractivity contribution in [3.63, 3.8) is 0 Å². The molecule has 0 saturated heterocycles. The fraction of sp³-hybridized carbons (Fsp3) is 0.400. The number of oxazole rings is 2. The summed E-state index contributed by atoms with van der Waals surface area (Å²) in [6.45, 7) is 9.55. The first-order chi connectivity index (χ1) is 22.5. The lowest BCUT2D eigenvalue weighted by molar-refractivity contribution is -0.134. The molecule has 12 nitrogen and oxygen atoms in total. The molecular weight excluding hydrogens is 602 g/mol. The maximum Gasteiger partial charge on any atom is 0.360 e. The van der Waals surface area contributed by atoms with Crippen LogP contribution in [-0.4, -0.2) is 47.1 Å². The topological polar surface area (TPSA) is 158 Å². The third-order valence-corrected chi connectivity index (χ3v) is 9.64. The molecule has 0 saturated carbocycles. The predicted molar refractivity (Wildman–Crippen MR) is 170 cm³/mol. The molecule has 1 spiro atoms. The lowest BCUT2D eigenvalue weighted by atomic mass is 9.72. The van der Waals surface area contributed by atoms with Gasteiger partial charge in [0.15, 0.2) is 23.4 Å². The standard InChI is InChI=1S/C35H37N5O7/c1-7-34(4,5)32(43)37-22-15-18-12-13-24-20(14-18)35(19-10-8-9-11-21(19)38-33(35)46-24)27-26(29-36-23(16-45-29)31(42)44-6)40-30(47-27)25(17(2)3)39-28(22)41/h8-14,16-17,22,25,33,38H,7,15H2,1-6H3,(H,37,43)(H,39,41)/t22-,25-,33?,35-/m0/s1. The number of ether oxygens (including phenoxy) is 2. The minimum absolute atomic E-state index is 0.0254. The number of esters is 1. The van der Waals surface area contributed by atoms with Crippen molar-refractivity contribution in [3.05, 3.63) is 82.8 Å². The summed E-state index contributed by atoms with van der Waals surface area (Å²) < 4.78 is 24.1. The van der Waals surface area contributed by atoms with Crippen LogP contribution in [0.4, 0.5) is 5.69 Å². The molecule has 47 heavy (non-hydrogen) atoms. The molecule has 3 aliphatic rings. The number of anilines is 1. The van der Waals surface area contributed by atoms with E-state index in [1.165, 1.54) is 13.4 Å². The number of aromatic nitrogens is 2. The average molecular weight is 640 g/mol. The van der Waals surface area contributed by atoms with Crippen molar-refractivity contribution in [1.29, 1.82) is 0 Å². The Labute approximate surface area is 271 Å². The van der Waals surface area contributed by atoms with E-state index in [1.54, 1.807) is 0 Å². The smallest absolute Gasteiger partial charge is 0.360 e. The van der Waals surface area contributed by atoms with Gasteiger partial charge in [0, 0.05) is 23.1 Å². The molecule has 12 heteroatoms. The molecule has 1 unspecified atom stereocenters. The van der Waals surface area contributed by atoms with Crippen molar-refractivity contribution in [3.8, 4) is 17.3 Å². The molecule has 5 heterocycles. The number of rotatable bonds is 6. The Balaban J connectivity index is 1.48. The predicted octanol–water partition coefficient (Wildman–Crippen LogP) is 4.89. The van der Waals surface area contributed by atoms with Gasteiger partial charge in [0.25, 0.3) is 0 Å². The Bertz CT molecular complexity index is 1910. The summed E-state index contributed by atoms with van der Waals surface area (Å²) in [6.07, 6.45) is 1.44. The number of para-hydroxylation sites is 1. The number of hydrogen-bond donors (Lipinski definition) is 3. The average Bonchev–Trinajstić information content (AvgIpc) is 3.83. The monoisotopic (exact) mass is 639 g/mol. The fourth-order valence-corrected chi connectivity index (χ4v) is 6.54. The summed E-state index contributed by atoms with van der Waals surface area (Å²) in [5.74, 6) is -0.130. The van der Waals surface area contributed by atoms with E-state index in [-0.39, 0.29) is 47.3 Å². The number of amides is 2. The van der Waals surface area contributed by atoms with Crippen LogP contribution in [0.1, 0.15) is 85.9 Å². The van der Waals surface area contributed by atoms with Crippen molar-refractivity contribution in [2.45, 2.75) is 71.2 Å². The van der Waals surface area contributed by atoms with E-state index in [1.807, 2.05) is 77.1 Å². The highest BCUT2D eigenvalue weighted by atomic mass is 16.5. The second kappa shape index (κ2) is 11.0. The maximum absolute atomic E-state index is 14.1. The van der Waals surface area contributed by atoms with Gasteiger partial charge in [-0.05, 0) is 35.6 Å². The Morgan fingerprint density at radius 1 is 1.13 bits per heavy atom. The zero-order chi connectivity index (χ0) is 33.2. The second-order valence-corrected chi connectivity index (χ2v) is 13.3. The molecule has 4 bridgehead atoms. The van der Waals surface area contributed by atoms with Gasteiger partial charge in [-0.15, -0.1) is 0 Å². The first kappa shape index (κ1) is 30.5. The van der Waals surface area contributed by atoms with Crippen LogP contribution in [0.5, 0.6) is 5.75 Å². The fourth-order valence-electron chi connectivity index (χ4n) is 6.54. The van der Waals surface area contributed by atoms with Crippen molar-refractivity contribution >= 4 is 23.5 Å². The highest BCUT2D eigenvalue weighted by Crippen LogP contribution is 2.59. The molecule has 2 aromatic heterocycles. The Hall–Kier alpha value is -5.13. The molecule has 3 aliphatic heterocycles. The summed E-state index contributed by atoms with van der Waals surface area (Å²) in [4.78, 5) is 49.2. The first-order valence-electron chi connectivity index (χ1n) is 15.8. The van der Waals surface area contributed by atoms with Crippen LogP contribution < -0.4 is 20.7 Å². The van der Waals surface area contributed by atoms with Gasteiger partial charge < -0.3 is 34.3 Å². The number of benzene rings is 2. The van der Waals surface area contributed by atoms with E-state index in [2.05, 4.69) is 20.9 Å². The quantitative estimate of drug-likeness (QED) is 0.248. The number of carbonyl (C=O) groups is 3. The largest absolute Gasteiger partial charge is 0.469 e. The Morgan fingerprint density at radius 2 is 1.91 bits per heavy atom. The summed E-state index contributed by atoms with van der Waals surface area (Å²) in [6, 6.07) is 12.1. The van der Waals surface area contributed by atoms with E-state index in [9.17, 15) is 14.4 Å². The van der Waals surface area contributed by atoms with Crippen LogP contribution >= 0.6 is 0 Å². The normalized spacial score (nSPS) is 22.6. The van der Waals surface area contributed by atoms with Crippen molar-refractivity contribution in [2.75, 3.05) is 12.4 Å². The molecule has 4 atom stereocenters. The van der Waals surface area contributed by atoms with Crippen LogP contribution in [0.25, 0.3) is 11.6 Å². The molecule has 0 fully saturated rings. The number of methoxy groups -OCH3 is 1. The highest BCUT2D eigenvalue weighted by Gasteiger charge is 2.61. The summed E-state index contributed by atoms with van der Waals surface area (Å²) in [5, 5.41) is 9.66. The van der Waals surface area contributed by atoms with E-state index < -0.39 is 35.1 Å². The molecule has 0 aliphatic carbocycles. The van der Waals surface area contributed by atoms with Crippen LogP contribution in [0.3, 0.4) is 0 Å². The van der Waals surface area contributed by atoms with Gasteiger partial charge >= 0.3 is 5.97 Å². The van der Waals surface area contributed by atoms with Gasteiger partial charge in [-0.3, -0.25) is 9.59 Å². The molecule has 3 N–H and O–H groups in total. The van der Waals surface area contributed by atoms with Crippen LogP contribution in [0, 0.1) is 11.3 Å². The van der Waals surface area contributed by atoms with E-state index >= 15 is 0 Å². The number of nitrogens with one attached hydrogen (secondary N) is 3. The van der Waals surface area contributed by atoms with E-state index in [0.29, 0.717) is 17.9 Å². The molecule has 244 valence electrons. The van der Waals surface area contributed by atoms with Crippen LogP contribution in [-0.2, 0) is 26.2 Å². The molecular formula is C35H37N5O7. The van der Waals surface area contributed by atoms with Crippen LogP contribution in [0.2, 0.25) is 0 Å². The zero-order valence-corrected chi connectivity index (χ0v) is 27.1. The second-order valence-electron chi connectivity index (χ2n) is 13.3. The molecule has 7 rings (SSSR count). The Kier molecular flexibility index (Phi) is 7.14. The van der Waals surface area contributed by atoms with Crippen LogP contribution in [0.15, 0.2) is 57.6 Å². The molecule has 2 aromatic carbocycles. The lowest BCUT2D eigenvalue weighted by Gasteiger charge is -2.30. The first-order valence-corrected chi connectivity index (χ1v) is 15.8. The third-order valence-electron chi connectivity index (χ3n) is 9.64. The van der Waals surface area contributed by atoms with E-state index in [0.717, 1.165) is 22.4 Å². The summed E-state index contributed by atoms with van der Waals surface area (Å²) in [5.41, 5.74) is 1.86. The summed E-state index contributed by atoms with van der Waals surface area (Å²) in [7, 11) is 1.27. The van der Waals surface area contributed by atoms with Crippen molar-refractivity contribution in [1.82, 2.24) is 20.6 Å². The van der Waals surface area contributed by atoms with Crippen molar-refractivity contribution < 1.29 is 32.7 Å². The minimum Gasteiger partial charge on any atom is -0.469 e. The van der Waals surface area contributed by atoms with Gasteiger partial charge in [-0.1, -0.05) is 65.0 Å². The SMILES string of the molecule is CCC(C)(C)C(=O)N[C@H]1Cc2ccc3c(c2)[C@@]2(c4ccccc4NC2O3)c2oc(nc2-c2nc(C(=O)OC)co2)[C@H](C(C)C)NC1=O. The number of nitrogens with zero attached hydrogens (tertiary/aromatic N) is 2. The molecule has 4 aromatic rings. The van der Waals surface area contributed by atoms with Gasteiger partial charge in [0.05, 0.1) is 7.11 Å². The minimum atomic E-state index is -1.06. The molecule has 2 amide bonds. The lowest BCUT2D eigenvalue weighted by Crippen LogP contribution is -2.52. The van der Waals surface area contributed by atoms with Gasteiger partial charge in [0.2, 0.25) is 23.6 Å². The number of fused-ring (bicyclic) bond motifs is 4. The maximum atomic E-state index is 14.1. The molecule has 0 radical (unpaired) electrons. The highest BCUT2D eigenvalue weighted by molar-refractivity contribution is 5.90. The van der Waals surface area contributed by atoms with Gasteiger partial charge in [-0.2, -0.15) is 0 Å².